The summed E-state index contributed by atoms with van der Waals surface area (Å²) in [5.41, 5.74) is 4.69. The number of carbonyl (C=O) groups excluding carboxylic acids is 3. The second-order valence-corrected chi connectivity index (χ2v) is 9.29. The van der Waals surface area contributed by atoms with Crippen LogP contribution in [0.25, 0.3) is 10.9 Å². The van der Waals surface area contributed by atoms with Crippen molar-refractivity contribution < 1.29 is 14.4 Å². The van der Waals surface area contributed by atoms with E-state index in [-0.39, 0.29) is 5.91 Å². The Morgan fingerprint density at radius 3 is 2.42 bits per heavy atom. The molecule has 0 saturated carbocycles. The number of H-pyrrole nitrogens is 1. The Morgan fingerprint density at radius 1 is 1.09 bits per heavy atom. The van der Waals surface area contributed by atoms with Gasteiger partial charge in [0.05, 0.1) is 5.52 Å². The first kappa shape index (κ1) is 21.2. The molecule has 0 spiro atoms. The molecule has 8 nitrogen and oxygen atoms in total. The number of hydrogen-bond acceptors (Lipinski definition) is 4. The molecule has 3 aromatic rings. The fraction of sp³-hybridized carbons (Fsp3) is 0.360. The van der Waals surface area contributed by atoms with Gasteiger partial charge in [-0.3, -0.25) is 20.0 Å². The van der Waals surface area contributed by atoms with E-state index in [1.54, 1.807) is 31.2 Å². The van der Waals surface area contributed by atoms with Crippen LogP contribution in [0, 0.1) is 13.8 Å². The Morgan fingerprint density at radius 2 is 1.79 bits per heavy atom. The monoisotopic (exact) mass is 445 g/mol. The van der Waals surface area contributed by atoms with Gasteiger partial charge >= 0.3 is 6.03 Å². The Hall–Kier alpha value is -3.68. The highest BCUT2D eigenvalue weighted by atomic mass is 16.2. The number of carbonyl (C=O) groups is 3. The lowest BCUT2D eigenvalue weighted by Gasteiger charge is -2.32. The summed E-state index contributed by atoms with van der Waals surface area (Å²) in [5, 5.41) is 13.9. The van der Waals surface area contributed by atoms with E-state index in [4.69, 9.17) is 0 Å². The molecular formula is C25H27N5O3. The Balaban J connectivity index is 1.28. The van der Waals surface area contributed by atoms with Crippen molar-refractivity contribution in [3.63, 3.8) is 0 Å². The van der Waals surface area contributed by atoms with Crippen LogP contribution in [0.15, 0.2) is 36.4 Å². The van der Waals surface area contributed by atoms with E-state index in [0.29, 0.717) is 30.1 Å². The highest BCUT2D eigenvalue weighted by molar-refractivity contribution is 6.07. The van der Waals surface area contributed by atoms with Crippen molar-refractivity contribution >= 4 is 28.7 Å². The number of likely N-dealkylation sites (tertiary alicyclic amines) is 1. The minimum Gasteiger partial charge on any atom is -0.339 e. The van der Waals surface area contributed by atoms with Crippen LogP contribution in [0.3, 0.4) is 0 Å². The normalized spacial score (nSPS) is 21.4. The summed E-state index contributed by atoms with van der Waals surface area (Å²) < 4.78 is 0. The summed E-state index contributed by atoms with van der Waals surface area (Å²) in [5.74, 6) is -0.0796. The third kappa shape index (κ3) is 3.55. The summed E-state index contributed by atoms with van der Waals surface area (Å²) in [7, 11) is 0. The molecule has 3 heterocycles. The molecule has 5 rings (SSSR count). The fourth-order valence-corrected chi connectivity index (χ4v) is 5.10. The topological polar surface area (TPSA) is 107 Å². The van der Waals surface area contributed by atoms with Crippen LogP contribution >= 0.6 is 0 Å². The maximum atomic E-state index is 13.1. The highest BCUT2D eigenvalue weighted by Gasteiger charge is 2.43. The third-order valence-electron chi connectivity index (χ3n) is 6.97. The molecule has 2 fully saturated rings. The summed E-state index contributed by atoms with van der Waals surface area (Å²) >= 11 is 0. The van der Waals surface area contributed by atoms with E-state index in [0.717, 1.165) is 18.4 Å². The first-order valence-electron chi connectivity index (χ1n) is 11.2. The lowest BCUT2D eigenvalue weighted by molar-refractivity contribution is -0.123. The van der Waals surface area contributed by atoms with E-state index in [2.05, 4.69) is 46.8 Å². The number of aromatic nitrogens is 2. The van der Waals surface area contributed by atoms with Gasteiger partial charge in [-0.15, -0.1) is 0 Å². The summed E-state index contributed by atoms with van der Waals surface area (Å²) in [6.45, 7) is 7.20. The van der Waals surface area contributed by atoms with Crippen LogP contribution in [0.1, 0.15) is 58.4 Å². The van der Waals surface area contributed by atoms with Crippen molar-refractivity contribution in [2.75, 3.05) is 13.1 Å². The minimum absolute atomic E-state index is 0.0219. The zero-order valence-electron chi connectivity index (χ0n) is 19.0. The van der Waals surface area contributed by atoms with E-state index >= 15 is 0 Å². The lowest BCUT2D eigenvalue weighted by Crippen LogP contribution is -2.40. The molecule has 170 valence electrons. The average molecular weight is 446 g/mol. The van der Waals surface area contributed by atoms with E-state index in [1.165, 1.54) is 22.2 Å². The Labute approximate surface area is 191 Å². The predicted molar refractivity (Wildman–Crippen MR) is 124 cm³/mol. The van der Waals surface area contributed by atoms with Crippen molar-refractivity contribution in [3.8, 4) is 0 Å². The molecule has 2 aromatic carbocycles. The number of nitrogens with one attached hydrogen (secondary N) is 3. The summed E-state index contributed by atoms with van der Waals surface area (Å²) in [6, 6.07) is 10.7. The molecular weight excluding hydrogens is 418 g/mol. The van der Waals surface area contributed by atoms with Gasteiger partial charge in [0, 0.05) is 35.7 Å². The van der Waals surface area contributed by atoms with Gasteiger partial charge in [-0.25, -0.2) is 4.79 Å². The van der Waals surface area contributed by atoms with Crippen molar-refractivity contribution in [2.24, 2.45) is 0 Å². The number of imide groups is 1. The zero-order chi connectivity index (χ0) is 23.3. The highest BCUT2D eigenvalue weighted by Crippen LogP contribution is 2.34. The number of hydrogen-bond donors (Lipinski definition) is 3. The molecule has 2 aliphatic heterocycles. The number of rotatable bonds is 3. The van der Waals surface area contributed by atoms with Crippen LogP contribution in [0.5, 0.6) is 0 Å². The Kier molecular flexibility index (Phi) is 4.96. The van der Waals surface area contributed by atoms with E-state index < -0.39 is 17.5 Å². The number of urea groups is 1. The standard InChI is InChI=1S/C25H27N5O3/c1-14-12-15(2)20-19(13-14)28-29-21(20)16-8-10-30(11-9-16)22(31)17-4-6-18(7-5-17)25(3)23(32)26-24(33)27-25/h4-7,12-13,16H,8-11H2,1-3H3,(H,28,29)(H2,26,27,32,33). The van der Waals surface area contributed by atoms with E-state index in [9.17, 15) is 14.4 Å². The molecule has 8 heteroatoms. The average Bonchev–Trinajstić information content (AvgIpc) is 3.34. The predicted octanol–water partition coefficient (Wildman–Crippen LogP) is 3.25. The number of aromatic amines is 1. The molecule has 2 saturated heterocycles. The maximum absolute atomic E-state index is 13.1. The molecule has 1 unspecified atom stereocenters. The number of nitrogens with zero attached hydrogens (tertiary/aromatic N) is 2. The smallest absolute Gasteiger partial charge is 0.322 e. The lowest BCUT2D eigenvalue weighted by atomic mass is 9.89. The van der Waals surface area contributed by atoms with Gasteiger partial charge in [0.2, 0.25) is 0 Å². The number of piperidine rings is 1. The number of aryl methyl sites for hydroxylation is 2. The Bertz CT molecular complexity index is 1270. The van der Waals surface area contributed by atoms with Crippen LogP contribution in [0.2, 0.25) is 0 Å². The first-order valence-corrected chi connectivity index (χ1v) is 11.2. The number of amides is 4. The van der Waals surface area contributed by atoms with Gasteiger partial charge in [-0.2, -0.15) is 5.10 Å². The fourth-order valence-electron chi connectivity index (χ4n) is 5.10. The van der Waals surface area contributed by atoms with Gasteiger partial charge in [0.1, 0.15) is 5.54 Å². The molecule has 0 radical (unpaired) electrons. The van der Waals surface area contributed by atoms with Crippen molar-refractivity contribution in [1.29, 1.82) is 0 Å². The maximum Gasteiger partial charge on any atom is 0.322 e. The van der Waals surface area contributed by atoms with Gasteiger partial charge < -0.3 is 10.2 Å². The molecule has 0 bridgehead atoms. The van der Waals surface area contributed by atoms with Gasteiger partial charge in [-0.05, 0) is 68.5 Å². The second-order valence-electron chi connectivity index (χ2n) is 9.29. The third-order valence-corrected chi connectivity index (χ3v) is 6.97. The van der Waals surface area contributed by atoms with Crippen molar-refractivity contribution in [3.05, 3.63) is 64.3 Å². The molecule has 3 N–H and O–H groups in total. The first-order chi connectivity index (χ1) is 15.8. The van der Waals surface area contributed by atoms with Crippen LogP contribution < -0.4 is 10.6 Å². The SMILES string of the molecule is Cc1cc(C)c2c(C3CCN(C(=O)c4ccc(C5(C)NC(=O)NC5=O)cc4)CC3)[nH]nc2c1. The molecule has 2 aliphatic rings. The quantitative estimate of drug-likeness (QED) is 0.538. The molecule has 1 atom stereocenters. The summed E-state index contributed by atoms with van der Waals surface area (Å²) in [6.07, 6.45) is 1.75. The minimum atomic E-state index is -1.12. The van der Waals surface area contributed by atoms with E-state index in [1.807, 2.05) is 4.90 Å². The van der Waals surface area contributed by atoms with Crippen molar-refractivity contribution in [2.45, 2.75) is 45.1 Å². The van der Waals surface area contributed by atoms with Gasteiger partial charge in [-0.1, -0.05) is 18.2 Å². The van der Waals surface area contributed by atoms with Gasteiger partial charge in [0.15, 0.2) is 0 Å². The molecule has 33 heavy (non-hydrogen) atoms. The second kappa shape index (κ2) is 7.72. The number of benzene rings is 2. The van der Waals surface area contributed by atoms with Gasteiger partial charge in [0.25, 0.3) is 11.8 Å². The van der Waals surface area contributed by atoms with Crippen LogP contribution in [-0.2, 0) is 10.3 Å². The number of fused-ring (bicyclic) bond motifs is 1. The molecule has 0 aliphatic carbocycles. The van der Waals surface area contributed by atoms with Crippen LogP contribution in [-0.4, -0.2) is 46.0 Å². The molecule has 4 amide bonds. The molecule has 1 aromatic heterocycles. The van der Waals surface area contributed by atoms with Crippen LogP contribution in [0.4, 0.5) is 4.79 Å². The van der Waals surface area contributed by atoms with Crippen molar-refractivity contribution in [1.82, 2.24) is 25.7 Å². The zero-order valence-corrected chi connectivity index (χ0v) is 19.0. The summed E-state index contributed by atoms with van der Waals surface area (Å²) in [4.78, 5) is 38.6. The largest absolute Gasteiger partial charge is 0.339 e.